The molecule has 2 unspecified atom stereocenters. The number of aliphatic hydroxyl groups excluding tert-OH is 1. The molecule has 2 rings (SSSR count). The Balaban J connectivity index is 2.01. The lowest BCUT2D eigenvalue weighted by atomic mass is 9.73. The summed E-state index contributed by atoms with van der Waals surface area (Å²) < 4.78 is 23.5. The minimum atomic E-state index is -3.06. The van der Waals surface area contributed by atoms with Crippen molar-refractivity contribution in [2.24, 2.45) is 10.4 Å². The third-order valence-electron chi connectivity index (χ3n) is 5.49. The maximum absolute atomic E-state index is 12.1. The van der Waals surface area contributed by atoms with E-state index in [9.17, 15) is 13.5 Å². The first-order valence-electron chi connectivity index (χ1n) is 8.47. The molecule has 2 atom stereocenters. The molecule has 2 aliphatic rings. The van der Waals surface area contributed by atoms with Gasteiger partial charge >= 0.3 is 0 Å². The smallest absolute Gasteiger partial charge is 0.193 e. The average Bonchev–Trinajstić information content (AvgIpc) is 2.47. The summed E-state index contributed by atoms with van der Waals surface area (Å²) in [5.74, 6) is 0.882. The highest BCUT2D eigenvalue weighted by Crippen LogP contribution is 2.35. The SMILES string of the molecule is CN=C(NCC1(C)CCCCC1O)N1CCS(=O)(=O)C(C)(C)C1. The fourth-order valence-electron chi connectivity index (χ4n) is 3.53. The molecule has 0 aromatic rings. The number of rotatable bonds is 2. The van der Waals surface area contributed by atoms with Gasteiger partial charge in [0.1, 0.15) is 0 Å². The maximum Gasteiger partial charge on any atom is 0.193 e. The van der Waals surface area contributed by atoms with Crippen LogP contribution >= 0.6 is 0 Å². The van der Waals surface area contributed by atoms with Gasteiger partial charge in [-0.15, -0.1) is 0 Å². The summed E-state index contributed by atoms with van der Waals surface area (Å²) >= 11 is 0. The van der Waals surface area contributed by atoms with E-state index in [1.807, 2.05) is 4.90 Å². The summed E-state index contributed by atoms with van der Waals surface area (Å²) in [6.07, 6.45) is 3.79. The van der Waals surface area contributed by atoms with Gasteiger partial charge in [0.15, 0.2) is 15.8 Å². The van der Waals surface area contributed by atoms with Crippen LogP contribution in [0.2, 0.25) is 0 Å². The highest BCUT2D eigenvalue weighted by molar-refractivity contribution is 7.92. The number of guanidine groups is 1. The zero-order chi connectivity index (χ0) is 17.3. The molecule has 2 fully saturated rings. The highest BCUT2D eigenvalue weighted by atomic mass is 32.2. The number of hydrogen-bond acceptors (Lipinski definition) is 4. The predicted molar refractivity (Wildman–Crippen MR) is 93.4 cm³/mol. The molecule has 0 bridgehead atoms. The predicted octanol–water partition coefficient (Wildman–Crippen LogP) is 1.01. The van der Waals surface area contributed by atoms with Gasteiger partial charge in [0.05, 0.1) is 16.6 Å². The Labute approximate surface area is 140 Å². The lowest BCUT2D eigenvalue weighted by Crippen LogP contribution is -2.58. The maximum atomic E-state index is 12.1. The molecule has 134 valence electrons. The second-order valence-corrected chi connectivity index (χ2v) is 10.6. The monoisotopic (exact) mass is 345 g/mol. The van der Waals surface area contributed by atoms with E-state index in [0.29, 0.717) is 19.6 Å². The van der Waals surface area contributed by atoms with Crippen LogP contribution < -0.4 is 5.32 Å². The Morgan fingerprint density at radius 3 is 2.61 bits per heavy atom. The first-order valence-corrected chi connectivity index (χ1v) is 10.1. The number of hydrogen-bond donors (Lipinski definition) is 2. The Morgan fingerprint density at radius 1 is 1.35 bits per heavy atom. The van der Waals surface area contributed by atoms with Crippen molar-refractivity contribution in [3.05, 3.63) is 0 Å². The van der Waals surface area contributed by atoms with Crippen LogP contribution in [0.15, 0.2) is 4.99 Å². The van der Waals surface area contributed by atoms with Crippen LogP contribution in [0.5, 0.6) is 0 Å². The van der Waals surface area contributed by atoms with Crippen molar-refractivity contribution in [3.8, 4) is 0 Å². The van der Waals surface area contributed by atoms with Crippen molar-refractivity contribution in [1.82, 2.24) is 10.2 Å². The molecule has 1 aliphatic heterocycles. The van der Waals surface area contributed by atoms with Crippen molar-refractivity contribution >= 4 is 15.8 Å². The summed E-state index contributed by atoms with van der Waals surface area (Å²) in [5.41, 5.74) is -0.147. The van der Waals surface area contributed by atoms with Gasteiger partial charge in [0.25, 0.3) is 0 Å². The third kappa shape index (κ3) is 3.82. The number of aliphatic imine (C=N–C) groups is 1. The highest BCUT2D eigenvalue weighted by Gasteiger charge is 2.41. The van der Waals surface area contributed by atoms with Crippen molar-refractivity contribution in [1.29, 1.82) is 0 Å². The summed E-state index contributed by atoms with van der Waals surface area (Å²) in [6, 6.07) is 0. The van der Waals surface area contributed by atoms with Crippen LogP contribution in [0.3, 0.4) is 0 Å². The van der Waals surface area contributed by atoms with Gasteiger partial charge in [-0.05, 0) is 26.7 Å². The molecule has 1 saturated carbocycles. The Kier molecular flexibility index (Phi) is 5.31. The van der Waals surface area contributed by atoms with Gasteiger partial charge < -0.3 is 15.3 Å². The zero-order valence-corrected chi connectivity index (χ0v) is 15.6. The van der Waals surface area contributed by atoms with Gasteiger partial charge in [-0.3, -0.25) is 4.99 Å². The topological polar surface area (TPSA) is 82.0 Å². The average molecular weight is 346 g/mol. The molecule has 6 nitrogen and oxygen atoms in total. The Bertz CT molecular complexity index is 559. The van der Waals surface area contributed by atoms with Crippen molar-refractivity contribution in [2.75, 3.05) is 32.4 Å². The van der Waals surface area contributed by atoms with E-state index in [-0.39, 0.29) is 17.3 Å². The molecular formula is C16H31N3O3S. The number of nitrogens with zero attached hydrogens (tertiary/aromatic N) is 2. The molecule has 1 saturated heterocycles. The molecule has 2 N–H and O–H groups in total. The molecule has 0 aromatic carbocycles. The Hall–Kier alpha value is -0.820. The first-order chi connectivity index (χ1) is 10.6. The van der Waals surface area contributed by atoms with Gasteiger partial charge in [0.2, 0.25) is 0 Å². The second kappa shape index (κ2) is 6.59. The molecule has 0 radical (unpaired) electrons. The molecule has 0 amide bonds. The molecule has 1 heterocycles. The van der Waals surface area contributed by atoms with E-state index >= 15 is 0 Å². The number of nitrogens with one attached hydrogen (secondary N) is 1. The Morgan fingerprint density at radius 2 is 2.04 bits per heavy atom. The van der Waals surface area contributed by atoms with Crippen LogP contribution in [0.4, 0.5) is 0 Å². The van der Waals surface area contributed by atoms with Gasteiger partial charge in [-0.2, -0.15) is 0 Å². The van der Waals surface area contributed by atoms with Crippen LogP contribution in [-0.2, 0) is 9.84 Å². The first kappa shape index (κ1) is 18.5. The van der Waals surface area contributed by atoms with E-state index in [1.165, 1.54) is 0 Å². The normalized spacial score (nSPS) is 34.2. The lowest BCUT2D eigenvalue weighted by Gasteiger charge is -2.42. The summed E-state index contributed by atoms with van der Waals surface area (Å²) in [6.45, 7) is 7.22. The summed E-state index contributed by atoms with van der Waals surface area (Å²) in [4.78, 5) is 6.33. The van der Waals surface area contributed by atoms with E-state index < -0.39 is 14.6 Å². The summed E-state index contributed by atoms with van der Waals surface area (Å²) in [7, 11) is -1.34. The second-order valence-electron chi connectivity index (χ2n) is 7.82. The van der Waals surface area contributed by atoms with Crippen molar-refractivity contribution in [2.45, 2.75) is 57.3 Å². The fourth-order valence-corrected chi connectivity index (χ4v) is 4.89. The molecule has 23 heavy (non-hydrogen) atoms. The van der Waals surface area contributed by atoms with Crippen LogP contribution in [-0.4, -0.2) is 67.7 Å². The number of sulfone groups is 1. The standard InChI is InChI=1S/C16H31N3O3S/c1-15(2)12-19(9-10-23(15,21)22)14(17-4)18-11-16(3)8-6-5-7-13(16)20/h13,20H,5-12H2,1-4H3,(H,17,18). The quantitative estimate of drug-likeness (QED) is 0.577. The van der Waals surface area contributed by atoms with Crippen LogP contribution in [0.1, 0.15) is 46.5 Å². The van der Waals surface area contributed by atoms with Gasteiger partial charge in [-0.1, -0.05) is 19.8 Å². The molecule has 0 spiro atoms. The molecule has 7 heteroatoms. The molecular weight excluding hydrogens is 314 g/mol. The third-order valence-corrected chi connectivity index (χ3v) is 8.02. The minimum absolute atomic E-state index is 0.147. The van der Waals surface area contributed by atoms with Crippen LogP contribution in [0, 0.1) is 5.41 Å². The van der Waals surface area contributed by atoms with E-state index in [2.05, 4.69) is 17.2 Å². The van der Waals surface area contributed by atoms with Crippen LogP contribution in [0.25, 0.3) is 0 Å². The largest absolute Gasteiger partial charge is 0.392 e. The van der Waals surface area contributed by atoms with E-state index in [1.54, 1.807) is 20.9 Å². The molecule has 1 aliphatic carbocycles. The molecule has 0 aromatic heterocycles. The van der Waals surface area contributed by atoms with E-state index in [4.69, 9.17) is 0 Å². The zero-order valence-electron chi connectivity index (χ0n) is 14.8. The lowest BCUT2D eigenvalue weighted by molar-refractivity contribution is 0.00363. The van der Waals surface area contributed by atoms with Crippen molar-refractivity contribution in [3.63, 3.8) is 0 Å². The number of aliphatic hydroxyl groups is 1. The summed E-state index contributed by atoms with van der Waals surface area (Å²) in [5, 5.41) is 13.7. The minimum Gasteiger partial charge on any atom is -0.392 e. The van der Waals surface area contributed by atoms with Gasteiger partial charge in [-0.25, -0.2) is 8.42 Å². The van der Waals surface area contributed by atoms with Gasteiger partial charge in [0, 0.05) is 32.1 Å². The van der Waals surface area contributed by atoms with E-state index in [0.717, 1.165) is 31.6 Å². The fraction of sp³-hybridized carbons (Fsp3) is 0.938. The van der Waals surface area contributed by atoms with Crippen molar-refractivity contribution < 1.29 is 13.5 Å².